The zero-order chi connectivity index (χ0) is 14.8. The van der Waals surface area contributed by atoms with E-state index < -0.39 is 0 Å². The van der Waals surface area contributed by atoms with Crippen LogP contribution in [0.3, 0.4) is 0 Å². The van der Waals surface area contributed by atoms with Crippen molar-refractivity contribution in [1.82, 2.24) is 4.98 Å². The van der Waals surface area contributed by atoms with Gasteiger partial charge in [-0.1, -0.05) is 6.07 Å². The minimum Gasteiger partial charge on any atom is -0.493 e. The summed E-state index contributed by atoms with van der Waals surface area (Å²) in [5.41, 5.74) is 1.99. The Hall–Kier alpha value is -1.59. The Morgan fingerprint density at radius 2 is 2.19 bits per heavy atom. The lowest BCUT2D eigenvalue weighted by molar-refractivity contribution is 0.284. The Labute approximate surface area is 128 Å². The summed E-state index contributed by atoms with van der Waals surface area (Å²) >= 11 is 1.54. The van der Waals surface area contributed by atoms with Gasteiger partial charge in [-0.2, -0.15) is 0 Å². The highest BCUT2D eigenvalue weighted by atomic mass is 32.1. The second-order valence-electron chi connectivity index (χ2n) is 5.03. The third-order valence-electron chi connectivity index (χ3n) is 3.55. The van der Waals surface area contributed by atoms with Crippen molar-refractivity contribution >= 4 is 11.3 Å². The van der Waals surface area contributed by atoms with Crippen molar-refractivity contribution in [1.29, 1.82) is 0 Å². The molecule has 0 saturated heterocycles. The minimum atomic E-state index is 0.0530. The molecule has 1 aromatic carbocycles. The van der Waals surface area contributed by atoms with Crippen molar-refractivity contribution in [2.45, 2.75) is 32.3 Å². The summed E-state index contributed by atoms with van der Waals surface area (Å²) in [5, 5.41) is 10.4. The number of methoxy groups -OCH3 is 1. The van der Waals surface area contributed by atoms with Gasteiger partial charge < -0.3 is 14.6 Å². The first-order chi connectivity index (χ1) is 10.3. The van der Waals surface area contributed by atoms with Crippen LogP contribution in [0, 0.1) is 0 Å². The Balaban J connectivity index is 2.07. The molecule has 1 saturated carbocycles. The van der Waals surface area contributed by atoms with Gasteiger partial charge in [0.15, 0.2) is 11.5 Å². The molecule has 0 amide bonds. The monoisotopic (exact) mass is 305 g/mol. The van der Waals surface area contributed by atoms with Crippen LogP contribution in [-0.2, 0) is 6.61 Å². The van der Waals surface area contributed by atoms with Crippen LogP contribution in [0.25, 0.3) is 10.6 Å². The van der Waals surface area contributed by atoms with Gasteiger partial charge in [-0.3, -0.25) is 0 Å². The Morgan fingerprint density at radius 3 is 2.81 bits per heavy atom. The van der Waals surface area contributed by atoms with Gasteiger partial charge in [-0.25, -0.2) is 4.98 Å². The van der Waals surface area contributed by atoms with Gasteiger partial charge in [-0.15, -0.1) is 11.3 Å². The molecule has 0 bridgehead atoms. The quantitative estimate of drug-likeness (QED) is 0.886. The van der Waals surface area contributed by atoms with Gasteiger partial charge in [0, 0.05) is 5.92 Å². The van der Waals surface area contributed by atoms with Crippen molar-refractivity contribution in [2.75, 3.05) is 13.7 Å². The van der Waals surface area contributed by atoms with E-state index >= 15 is 0 Å². The van der Waals surface area contributed by atoms with Crippen LogP contribution < -0.4 is 9.47 Å². The Bertz CT molecular complexity index is 634. The number of rotatable bonds is 6. The normalized spacial score (nSPS) is 14.2. The van der Waals surface area contributed by atoms with E-state index in [2.05, 4.69) is 0 Å². The number of hydrogen-bond donors (Lipinski definition) is 1. The first kappa shape index (κ1) is 14.4. The number of aliphatic hydroxyl groups is 1. The summed E-state index contributed by atoms with van der Waals surface area (Å²) in [6.45, 7) is 2.57. The van der Waals surface area contributed by atoms with E-state index in [0.717, 1.165) is 26.9 Å². The molecule has 0 unspecified atom stereocenters. The lowest BCUT2D eigenvalue weighted by Gasteiger charge is -2.12. The second kappa shape index (κ2) is 6.03. The third-order valence-corrected chi connectivity index (χ3v) is 4.64. The van der Waals surface area contributed by atoms with Crippen molar-refractivity contribution in [3.05, 3.63) is 28.8 Å². The van der Waals surface area contributed by atoms with Crippen LogP contribution in [0.4, 0.5) is 0 Å². The predicted octanol–water partition coefficient (Wildman–Crippen LogP) is 3.59. The molecule has 1 fully saturated rings. The van der Waals surface area contributed by atoms with Crippen LogP contribution in [0.2, 0.25) is 0 Å². The fraction of sp³-hybridized carbons (Fsp3) is 0.438. The van der Waals surface area contributed by atoms with Gasteiger partial charge in [0.25, 0.3) is 0 Å². The summed E-state index contributed by atoms with van der Waals surface area (Å²) in [4.78, 5) is 5.72. The highest BCUT2D eigenvalue weighted by Gasteiger charge is 2.30. The first-order valence-electron chi connectivity index (χ1n) is 7.19. The van der Waals surface area contributed by atoms with Gasteiger partial charge in [0.1, 0.15) is 5.01 Å². The average Bonchev–Trinajstić information content (AvgIpc) is 3.27. The molecule has 0 spiro atoms. The standard InChI is InChI=1S/C16H19NO3S/c1-3-20-15-11(5-4-6-12(15)19-2)16-17-14(10-7-8-10)13(9-18)21-16/h4-6,10,18H,3,7-9H2,1-2H3. The van der Waals surface area contributed by atoms with Crippen molar-refractivity contribution in [3.63, 3.8) is 0 Å². The smallest absolute Gasteiger partial charge is 0.171 e. The maximum Gasteiger partial charge on any atom is 0.171 e. The summed E-state index contributed by atoms with van der Waals surface area (Å²) in [5.74, 6) is 1.96. The Kier molecular flexibility index (Phi) is 4.12. The van der Waals surface area contributed by atoms with Gasteiger partial charge in [0.05, 0.1) is 36.5 Å². The second-order valence-corrected chi connectivity index (χ2v) is 6.11. The number of aliphatic hydroxyl groups excluding tert-OH is 1. The van der Waals surface area contributed by atoms with Crippen molar-refractivity contribution < 1.29 is 14.6 Å². The number of benzene rings is 1. The Morgan fingerprint density at radius 1 is 1.38 bits per heavy atom. The van der Waals surface area contributed by atoms with E-state index in [-0.39, 0.29) is 6.61 Å². The fourth-order valence-electron chi connectivity index (χ4n) is 2.41. The number of para-hydroxylation sites is 1. The zero-order valence-electron chi connectivity index (χ0n) is 12.3. The molecule has 2 aromatic rings. The molecule has 1 aliphatic rings. The lowest BCUT2D eigenvalue weighted by Crippen LogP contribution is -1.97. The minimum absolute atomic E-state index is 0.0530. The lowest BCUT2D eigenvalue weighted by atomic mass is 10.2. The van der Waals surface area contributed by atoms with Crippen molar-refractivity contribution in [2.24, 2.45) is 0 Å². The largest absolute Gasteiger partial charge is 0.493 e. The highest BCUT2D eigenvalue weighted by Crippen LogP contribution is 2.46. The maximum absolute atomic E-state index is 9.54. The molecule has 5 heteroatoms. The zero-order valence-corrected chi connectivity index (χ0v) is 13.1. The average molecular weight is 305 g/mol. The topological polar surface area (TPSA) is 51.6 Å². The number of nitrogens with zero attached hydrogens (tertiary/aromatic N) is 1. The molecular weight excluding hydrogens is 286 g/mol. The van der Waals surface area contributed by atoms with E-state index in [9.17, 15) is 5.11 Å². The van der Waals surface area contributed by atoms with Crippen LogP contribution in [0.15, 0.2) is 18.2 Å². The molecule has 4 nitrogen and oxygen atoms in total. The first-order valence-corrected chi connectivity index (χ1v) is 8.00. The number of hydrogen-bond acceptors (Lipinski definition) is 5. The van der Waals surface area contributed by atoms with E-state index in [4.69, 9.17) is 14.5 Å². The summed E-state index contributed by atoms with van der Waals surface area (Å²) < 4.78 is 11.1. The van der Waals surface area contributed by atoms with Crippen LogP contribution in [0.5, 0.6) is 11.5 Å². The summed E-state index contributed by atoms with van der Waals surface area (Å²) in [6.07, 6.45) is 2.35. The molecule has 112 valence electrons. The van der Waals surface area contributed by atoms with E-state index in [1.807, 2.05) is 25.1 Å². The van der Waals surface area contributed by atoms with E-state index in [1.54, 1.807) is 18.4 Å². The molecular formula is C16H19NO3S. The molecule has 0 radical (unpaired) electrons. The molecule has 1 N–H and O–H groups in total. The molecule has 0 atom stereocenters. The van der Waals surface area contributed by atoms with Crippen LogP contribution in [-0.4, -0.2) is 23.8 Å². The summed E-state index contributed by atoms with van der Waals surface area (Å²) in [7, 11) is 1.64. The molecule has 1 heterocycles. The van der Waals surface area contributed by atoms with Crippen molar-refractivity contribution in [3.8, 4) is 22.1 Å². The van der Waals surface area contributed by atoms with E-state index in [0.29, 0.717) is 18.3 Å². The number of ether oxygens (including phenoxy) is 2. The third kappa shape index (κ3) is 2.76. The van der Waals surface area contributed by atoms with Crippen LogP contribution in [0.1, 0.15) is 36.3 Å². The number of aromatic nitrogens is 1. The molecule has 3 rings (SSSR count). The maximum atomic E-state index is 9.54. The predicted molar refractivity (Wildman–Crippen MR) is 83.2 cm³/mol. The van der Waals surface area contributed by atoms with Gasteiger partial charge in [0.2, 0.25) is 0 Å². The molecule has 21 heavy (non-hydrogen) atoms. The van der Waals surface area contributed by atoms with Gasteiger partial charge >= 0.3 is 0 Å². The summed E-state index contributed by atoms with van der Waals surface area (Å²) in [6, 6.07) is 5.81. The van der Waals surface area contributed by atoms with Gasteiger partial charge in [-0.05, 0) is 31.9 Å². The fourth-order valence-corrected chi connectivity index (χ4v) is 3.44. The molecule has 1 aromatic heterocycles. The van der Waals surface area contributed by atoms with Crippen LogP contribution >= 0.6 is 11.3 Å². The molecule has 0 aliphatic heterocycles. The highest BCUT2D eigenvalue weighted by molar-refractivity contribution is 7.15. The number of thiazole rings is 1. The molecule has 1 aliphatic carbocycles. The van der Waals surface area contributed by atoms with E-state index in [1.165, 1.54) is 12.8 Å². The SMILES string of the molecule is CCOc1c(OC)cccc1-c1nc(C2CC2)c(CO)s1.